The van der Waals surface area contributed by atoms with Gasteiger partial charge in [-0.2, -0.15) is 0 Å². The second-order valence-electron chi connectivity index (χ2n) is 3.17. The van der Waals surface area contributed by atoms with E-state index in [0.717, 1.165) is 0 Å². The van der Waals surface area contributed by atoms with Crippen LogP contribution in [-0.2, 0) is 0 Å². The predicted octanol–water partition coefficient (Wildman–Crippen LogP) is 2.04. The van der Waals surface area contributed by atoms with Gasteiger partial charge in [-0.25, -0.2) is 0 Å². The Labute approximate surface area is 93.6 Å². The third kappa shape index (κ3) is 2.64. The molecule has 0 amide bonds. The zero-order valence-corrected chi connectivity index (χ0v) is 9.06. The van der Waals surface area contributed by atoms with E-state index < -0.39 is 4.92 Å². The Morgan fingerprint density at radius 1 is 1.62 bits per heavy atom. The Morgan fingerprint density at radius 3 is 2.81 bits per heavy atom. The van der Waals surface area contributed by atoms with Crippen molar-refractivity contribution in [3.8, 4) is 18.1 Å². The third-order valence-electron chi connectivity index (χ3n) is 2.02. The van der Waals surface area contributed by atoms with Crippen LogP contribution in [0.5, 0.6) is 5.75 Å². The lowest BCUT2D eigenvalue weighted by Crippen LogP contribution is -2.13. The Morgan fingerprint density at radius 2 is 2.31 bits per heavy atom. The van der Waals surface area contributed by atoms with Crippen LogP contribution in [-0.4, -0.2) is 18.1 Å². The maximum Gasteiger partial charge on any atom is 0.296 e. The topological polar surface area (TPSA) is 64.4 Å². The molecule has 0 fully saturated rings. The molecule has 0 aliphatic heterocycles. The predicted molar refractivity (Wildman–Crippen MR) is 61.6 cm³/mol. The molecule has 1 aromatic carbocycles. The molecule has 0 radical (unpaired) electrons. The smallest absolute Gasteiger partial charge is 0.296 e. The number of terminal acetylenes is 1. The van der Waals surface area contributed by atoms with Crippen LogP contribution in [0.3, 0.4) is 0 Å². The fraction of sp³-hybridized carbons (Fsp3) is 0.273. The average molecular weight is 220 g/mol. The van der Waals surface area contributed by atoms with E-state index in [4.69, 9.17) is 11.2 Å². The standard InChI is InChI=1S/C11H12N2O3/c1-4-8(2)12-10-6-5-9(16-3)7-11(10)13(14)15/h1,5-8,12H,2-3H3. The normalized spacial score (nSPS) is 11.3. The van der Waals surface area contributed by atoms with E-state index in [9.17, 15) is 10.1 Å². The number of hydrogen-bond donors (Lipinski definition) is 1. The van der Waals surface area contributed by atoms with Crippen molar-refractivity contribution in [3.63, 3.8) is 0 Å². The van der Waals surface area contributed by atoms with E-state index in [1.807, 2.05) is 0 Å². The Balaban J connectivity index is 3.09. The molecule has 0 saturated heterocycles. The minimum absolute atomic E-state index is 0.0542. The maximum absolute atomic E-state index is 10.8. The Hall–Kier alpha value is -2.22. The van der Waals surface area contributed by atoms with Gasteiger partial charge in [0.05, 0.1) is 24.1 Å². The second kappa shape index (κ2) is 5.03. The largest absolute Gasteiger partial charge is 0.496 e. The number of nitro benzene ring substituents is 1. The minimum Gasteiger partial charge on any atom is -0.496 e. The summed E-state index contributed by atoms with van der Waals surface area (Å²) in [6.45, 7) is 1.74. The molecule has 5 nitrogen and oxygen atoms in total. The quantitative estimate of drug-likeness (QED) is 0.479. The van der Waals surface area contributed by atoms with Gasteiger partial charge in [0.2, 0.25) is 0 Å². The molecule has 0 spiro atoms. The molecule has 0 heterocycles. The van der Waals surface area contributed by atoms with E-state index in [-0.39, 0.29) is 11.7 Å². The van der Waals surface area contributed by atoms with Crippen molar-refractivity contribution in [2.75, 3.05) is 12.4 Å². The summed E-state index contributed by atoms with van der Waals surface area (Å²) in [6, 6.07) is 4.29. The van der Waals surface area contributed by atoms with E-state index in [1.54, 1.807) is 19.1 Å². The van der Waals surface area contributed by atoms with Gasteiger partial charge in [-0.3, -0.25) is 10.1 Å². The summed E-state index contributed by atoms with van der Waals surface area (Å²) >= 11 is 0. The molecular weight excluding hydrogens is 208 g/mol. The van der Waals surface area contributed by atoms with E-state index in [0.29, 0.717) is 11.4 Å². The molecule has 1 aromatic rings. The highest BCUT2D eigenvalue weighted by Crippen LogP contribution is 2.29. The highest BCUT2D eigenvalue weighted by Gasteiger charge is 2.15. The first-order chi connectivity index (χ1) is 7.58. The fourth-order valence-electron chi connectivity index (χ4n) is 1.19. The van der Waals surface area contributed by atoms with Crippen molar-refractivity contribution >= 4 is 11.4 Å². The molecular formula is C11H12N2O3. The lowest BCUT2D eigenvalue weighted by Gasteiger charge is -2.10. The van der Waals surface area contributed by atoms with Crippen LogP contribution in [0.1, 0.15) is 6.92 Å². The number of nitrogens with one attached hydrogen (secondary N) is 1. The third-order valence-corrected chi connectivity index (χ3v) is 2.02. The fourth-order valence-corrected chi connectivity index (χ4v) is 1.19. The lowest BCUT2D eigenvalue weighted by molar-refractivity contribution is -0.384. The average Bonchev–Trinajstić information content (AvgIpc) is 2.29. The summed E-state index contributed by atoms with van der Waals surface area (Å²) in [5.74, 6) is 2.88. The minimum atomic E-state index is -0.478. The van der Waals surface area contributed by atoms with Gasteiger partial charge >= 0.3 is 0 Å². The van der Waals surface area contributed by atoms with Gasteiger partial charge in [-0.15, -0.1) is 6.42 Å². The van der Waals surface area contributed by atoms with Gasteiger partial charge in [0.1, 0.15) is 11.4 Å². The van der Waals surface area contributed by atoms with Crippen LogP contribution in [0.2, 0.25) is 0 Å². The van der Waals surface area contributed by atoms with Gasteiger partial charge in [0, 0.05) is 0 Å². The summed E-state index contributed by atoms with van der Waals surface area (Å²) in [4.78, 5) is 10.3. The number of rotatable bonds is 4. The molecule has 5 heteroatoms. The van der Waals surface area contributed by atoms with Gasteiger partial charge in [-0.05, 0) is 19.1 Å². The monoisotopic (exact) mass is 220 g/mol. The lowest BCUT2D eigenvalue weighted by atomic mass is 10.2. The molecule has 84 valence electrons. The van der Waals surface area contributed by atoms with Crippen LogP contribution in [0.25, 0.3) is 0 Å². The molecule has 0 aromatic heterocycles. The summed E-state index contributed by atoms with van der Waals surface area (Å²) in [6.07, 6.45) is 5.20. The first kappa shape index (κ1) is 11.9. The van der Waals surface area contributed by atoms with Gasteiger partial charge in [-0.1, -0.05) is 5.92 Å². The number of hydrogen-bond acceptors (Lipinski definition) is 4. The molecule has 16 heavy (non-hydrogen) atoms. The molecule has 0 aliphatic carbocycles. The molecule has 1 atom stereocenters. The molecule has 0 bridgehead atoms. The van der Waals surface area contributed by atoms with Crippen LogP contribution in [0.15, 0.2) is 18.2 Å². The first-order valence-electron chi connectivity index (χ1n) is 4.63. The van der Waals surface area contributed by atoms with Gasteiger partial charge < -0.3 is 10.1 Å². The van der Waals surface area contributed by atoms with Gasteiger partial charge in [0.15, 0.2) is 0 Å². The molecule has 1 N–H and O–H groups in total. The summed E-state index contributed by atoms with van der Waals surface area (Å²) in [5.41, 5.74) is 0.331. The van der Waals surface area contributed by atoms with Crippen molar-refractivity contribution < 1.29 is 9.66 Å². The summed E-state index contributed by atoms with van der Waals surface area (Å²) < 4.78 is 4.92. The summed E-state index contributed by atoms with van der Waals surface area (Å²) in [5, 5.41) is 13.7. The SMILES string of the molecule is C#CC(C)Nc1ccc(OC)cc1[N+](=O)[O-]. The van der Waals surface area contributed by atoms with Crippen molar-refractivity contribution in [2.45, 2.75) is 13.0 Å². The van der Waals surface area contributed by atoms with Gasteiger partial charge in [0.25, 0.3) is 5.69 Å². The van der Waals surface area contributed by atoms with Crippen LogP contribution in [0, 0.1) is 22.5 Å². The highest BCUT2D eigenvalue weighted by atomic mass is 16.6. The number of benzene rings is 1. The zero-order chi connectivity index (χ0) is 12.1. The first-order valence-corrected chi connectivity index (χ1v) is 4.63. The highest BCUT2D eigenvalue weighted by molar-refractivity contribution is 5.64. The number of anilines is 1. The van der Waals surface area contributed by atoms with E-state index >= 15 is 0 Å². The van der Waals surface area contributed by atoms with Crippen molar-refractivity contribution in [3.05, 3.63) is 28.3 Å². The number of nitro groups is 1. The molecule has 1 unspecified atom stereocenters. The number of ether oxygens (including phenoxy) is 1. The number of methoxy groups -OCH3 is 1. The van der Waals surface area contributed by atoms with Crippen molar-refractivity contribution in [2.24, 2.45) is 0 Å². The molecule has 0 saturated carbocycles. The van der Waals surface area contributed by atoms with Crippen molar-refractivity contribution in [1.29, 1.82) is 0 Å². The molecule has 0 aliphatic rings. The zero-order valence-electron chi connectivity index (χ0n) is 9.06. The second-order valence-corrected chi connectivity index (χ2v) is 3.17. The van der Waals surface area contributed by atoms with Crippen LogP contribution in [0.4, 0.5) is 11.4 Å². The van der Waals surface area contributed by atoms with Crippen LogP contribution >= 0.6 is 0 Å². The van der Waals surface area contributed by atoms with E-state index in [2.05, 4.69) is 11.2 Å². The Kier molecular flexibility index (Phi) is 3.72. The number of nitrogens with zero attached hydrogens (tertiary/aromatic N) is 1. The summed E-state index contributed by atoms with van der Waals surface area (Å²) in [7, 11) is 1.45. The Bertz CT molecular complexity index is 437. The molecule has 1 rings (SSSR count). The maximum atomic E-state index is 10.8. The van der Waals surface area contributed by atoms with E-state index in [1.165, 1.54) is 13.2 Å². The van der Waals surface area contributed by atoms with Crippen LogP contribution < -0.4 is 10.1 Å². The van der Waals surface area contributed by atoms with Crippen molar-refractivity contribution in [1.82, 2.24) is 0 Å².